The Balaban J connectivity index is 1.60. The number of halogens is 2. The normalized spacial score (nSPS) is 10.6. The third-order valence-corrected chi connectivity index (χ3v) is 4.87. The lowest BCUT2D eigenvalue weighted by Gasteiger charge is -2.08. The van der Waals surface area contributed by atoms with Crippen LogP contribution in [0, 0.1) is 0 Å². The molecule has 0 radical (unpaired) electrons. The number of para-hydroxylation sites is 1. The number of anilines is 1. The van der Waals surface area contributed by atoms with Gasteiger partial charge in [0.25, 0.3) is 0 Å². The van der Waals surface area contributed by atoms with E-state index in [4.69, 9.17) is 27.9 Å². The van der Waals surface area contributed by atoms with Gasteiger partial charge < -0.3 is 10.1 Å². The summed E-state index contributed by atoms with van der Waals surface area (Å²) in [6, 6.07) is 12.5. The molecule has 26 heavy (non-hydrogen) atoms. The Bertz CT molecular complexity index is 895. The van der Waals surface area contributed by atoms with Crippen LogP contribution >= 0.6 is 35.0 Å². The van der Waals surface area contributed by atoms with Crippen molar-refractivity contribution in [3.63, 3.8) is 0 Å². The maximum atomic E-state index is 12.1. The van der Waals surface area contributed by atoms with Crippen LogP contribution in [-0.4, -0.2) is 34.0 Å². The van der Waals surface area contributed by atoms with E-state index in [0.29, 0.717) is 26.7 Å². The molecule has 134 valence electrons. The third-order valence-electron chi connectivity index (χ3n) is 3.39. The first-order valence-corrected chi connectivity index (χ1v) is 9.24. The Hall–Kier alpha value is -2.22. The number of carbonyl (C=O) groups excluding carboxylic acids is 1. The van der Waals surface area contributed by atoms with Crippen molar-refractivity contribution in [2.75, 3.05) is 18.2 Å². The second-order valence-corrected chi connectivity index (χ2v) is 6.89. The molecule has 3 rings (SSSR count). The molecule has 0 saturated heterocycles. The number of ether oxygens (including phenoxy) is 1. The smallest absolute Gasteiger partial charge is 0.234 e. The minimum atomic E-state index is -0.249. The van der Waals surface area contributed by atoms with Crippen LogP contribution in [0.5, 0.6) is 5.75 Å². The second kappa shape index (κ2) is 8.44. The molecule has 9 heteroatoms. The van der Waals surface area contributed by atoms with Crippen molar-refractivity contribution in [3.8, 4) is 17.1 Å². The highest BCUT2D eigenvalue weighted by molar-refractivity contribution is 7.99. The zero-order chi connectivity index (χ0) is 18.5. The highest BCUT2D eigenvalue weighted by Crippen LogP contribution is 2.30. The first-order chi connectivity index (χ1) is 12.6. The van der Waals surface area contributed by atoms with Crippen molar-refractivity contribution in [3.05, 3.63) is 52.5 Å². The molecule has 0 atom stereocenters. The maximum absolute atomic E-state index is 12.1. The standard InChI is InChI=1S/C17H14Cl2N4O2S/c1-25-11-7-5-10(6-8-11)16-21-17(23-22-16)26-9-14(24)20-15-12(18)3-2-4-13(15)19/h2-8H,9H2,1H3,(H,20,24)(H,21,22,23). The minimum Gasteiger partial charge on any atom is -0.497 e. The maximum Gasteiger partial charge on any atom is 0.234 e. The Labute approximate surface area is 164 Å². The van der Waals surface area contributed by atoms with Crippen LogP contribution in [0.4, 0.5) is 5.69 Å². The lowest BCUT2D eigenvalue weighted by molar-refractivity contribution is -0.113. The molecule has 6 nitrogen and oxygen atoms in total. The largest absolute Gasteiger partial charge is 0.497 e. The zero-order valence-corrected chi connectivity index (χ0v) is 16.0. The first-order valence-electron chi connectivity index (χ1n) is 7.50. The van der Waals surface area contributed by atoms with E-state index in [1.54, 1.807) is 25.3 Å². The van der Waals surface area contributed by atoms with Gasteiger partial charge in [0.2, 0.25) is 11.1 Å². The molecule has 1 amide bonds. The Morgan fingerprint density at radius 2 is 1.88 bits per heavy atom. The molecule has 0 bridgehead atoms. The van der Waals surface area contributed by atoms with E-state index < -0.39 is 0 Å². The van der Waals surface area contributed by atoms with Gasteiger partial charge in [0.05, 0.1) is 28.6 Å². The number of amides is 1. The molecular weight excluding hydrogens is 395 g/mol. The Morgan fingerprint density at radius 3 is 2.54 bits per heavy atom. The fourth-order valence-corrected chi connectivity index (χ4v) is 3.20. The average Bonchev–Trinajstić information content (AvgIpc) is 3.12. The molecule has 1 aromatic heterocycles. The number of aromatic nitrogens is 3. The summed E-state index contributed by atoms with van der Waals surface area (Å²) in [5.41, 5.74) is 1.27. The summed E-state index contributed by atoms with van der Waals surface area (Å²) in [5.74, 6) is 1.25. The van der Waals surface area contributed by atoms with Gasteiger partial charge >= 0.3 is 0 Å². The van der Waals surface area contributed by atoms with E-state index in [2.05, 4.69) is 20.5 Å². The summed E-state index contributed by atoms with van der Waals surface area (Å²) >= 11 is 13.3. The van der Waals surface area contributed by atoms with E-state index in [9.17, 15) is 4.79 Å². The van der Waals surface area contributed by atoms with Gasteiger partial charge in [0, 0.05) is 5.56 Å². The summed E-state index contributed by atoms with van der Waals surface area (Å²) < 4.78 is 5.13. The average molecular weight is 409 g/mol. The van der Waals surface area contributed by atoms with Crippen LogP contribution < -0.4 is 10.1 Å². The number of nitrogens with one attached hydrogen (secondary N) is 2. The number of nitrogens with zero attached hydrogens (tertiary/aromatic N) is 2. The summed E-state index contributed by atoms with van der Waals surface area (Å²) in [4.78, 5) is 16.5. The number of hydrogen-bond donors (Lipinski definition) is 2. The van der Waals surface area contributed by atoms with Crippen molar-refractivity contribution in [2.45, 2.75) is 5.16 Å². The van der Waals surface area contributed by atoms with Gasteiger partial charge in [0.15, 0.2) is 5.82 Å². The topological polar surface area (TPSA) is 79.9 Å². The predicted molar refractivity (Wildman–Crippen MR) is 104 cm³/mol. The molecular formula is C17H14Cl2N4O2S. The van der Waals surface area contributed by atoms with Gasteiger partial charge in [-0.1, -0.05) is 41.0 Å². The molecule has 3 aromatic rings. The quantitative estimate of drug-likeness (QED) is 0.586. The highest BCUT2D eigenvalue weighted by Gasteiger charge is 2.12. The van der Waals surface area contributed by atoms with E-state index in [1.165, 1.54) is 11.8 Å². The number of methoxy groups -OCH3 is 1. The highest BCUT2D eigenvalue weighted by atomic mass is 35.5. The number of H-pyrrole nitrogens is 1. The summed E-state index contributed by atoms with van der Waals surface area (Å²) in [6.45, 7) is 0. The van der Waals surface area contributed by atoms with Crippen LogP contribution in [0.3, 0.4) is 0 Å². The van der Waals surface area contributed by atoms with Crippen LogP contribution in [-0.2, 0) is 4.79 Å². The van der Waals surface area contributed by atoms with Crippen LogP contribution in [0.15, 0.2) is 47.6 Å². The second-order valence-electron chi connectivity index (χ2n) is 5.13. The molecule has 0 saturated carbocycles. The molecule has 0 aliphatic heterocycles. The van der Waals surface area contributed by atoms with Gasteiger partial charge in [-0.15, -0.1) is 5.10 Å². The van der Waals surface area contributed by atoms with Crippen molar-refractivity contribution in [1.82, 2.24) is 15.2 Å². The fraction of sp³-hybridized carbons (Fsp3) is 0.118. The number of rotatable bonds is 6. The van der Waals surface area contributed by atoms with Crippen molar-refractivity contribution < 1.29 is 9.53 Å². The van der Waals surface area contributed by atoms with Crippen LogP contribution in [0.25, 0.3) is 11.4 Å². The predicted octanol–water partition coefficient (Wildman–Crippen LogP) is 4.52. The lowest BCUT2D eigenvalue weighted by Crippen LogP contribution is -2.14. The molecule has 0 unspecified atom stereocenters. The van der Waals surface area contributed by atoms with Crippen LogP contribution in [0.1, 0.15) is 0 Å². The van der Waals surface area contributed by atoms with Crippen molar-refractivity contribution in [2.24, 2.45) is 0 Å². The number of hydrogen-bond acceptors (Lipinski definition) is 5. The molecule has 2 aromatic carbocycles. The van der Waals surface area contributed by atoms with E-state index >= 15 is 0 Å². The van der Waals surface area contributed by atoms with E-state index in [1.807, 2.05) is 24.3 Å². The number of benzene rings is 2. The molecule has 1 heterocycles. The molecule has 0 aliphatic carbocycles. The number of aromatic amines is 1. The van der Waals surface area contributed by atoms with Crippen molar-refractivity contribution >= 4 is 46.6 Å². The number of carbonyl (C=O) groups is 1. The molecule has 0 fully saturated rings. The van der Waals surface area contributed by atoms with Gasteiger partial charge in [-0.3, -0.25) is 9.89 Å². The SMILES string of the molecule is COc1ccc(-c2nc(SCC(=O)Nc3c(Cl)cccc3Cl)n[nH]2)cc1. The summed E-state index contributed by atoms with van der Waals surface area (Å²) in [5, 5.41) is 10.9. The van der Waals surface area contributed by atoms with Crippen molar-refractivity contribution in [1.29, 1.82) is 0 Å². The minimum absolute atomic E-state index is 0.126. The third kappa shape index (κ3) is 4.49. The Morgan fingerprint density at radius 1 is 1.19 bits per heavy atom. The monoisotopic (exact) mass is 408 g/mol. The van der Waals surface area contributed by atoms with Gasteiger partial charge in [-0.25, -0.2) is 4.98 Å². The fourth-order valence-electron chi connectivity index (χ4n) is 2.11. The number of thioether (sulfide) groups is 1. The summed E-state index contributed by atoms with van der Waals surface area (Å²) in [7, 11) is 1.61. The van der Waals surface area contributed by atoms with E-state index in [0.717, 1.165) is 11.3 Å². The zero-order valence-electron chi connectivity index (χ0n) is 13.6. The molecule has 2 N–H and O–H groups in total. The Kier molecular flexibility index (Phi) is 6.03. The van der Waals surface area contributed by atoms with Gasteiger partial charge in [0.1, 0.15) is 5.75 Å². The molecule has 0 aliphatic rings. The van der Waals surface area contributed by atoms with Gasteiger partial charge in [-0.05, 0) is 36.4 Å². The van der Waals surface area contributed by atoms with Crippen LogP contribution in [0.2, 0.25) is 10.0 Å². The molecule has 0 spiro atoms. The summed E-state index contributed by atoms with van der Waals surface area (Å²) in [6.07, 6.45) is 0. The lowest BCUT2D eigenvalue weighted by atomic mass is 10.2. The first kappa shape index (κ1) is 18.6. The van der Waals surface area contributed by atoms with Gasteiger partial charge in [-0.2, -0.15) is 0 Å². The van der Waals surface area contributed by atoms with E-state index in [-0.39, 0.29) is 11.7 Å².